The Morgan fingerprint density at radius 1 is 1.26 bits per heavy atom. The number of fused-ring (bicyclic) bond motifs is 1. The molecule has 0 unspecified atom stereocenters. The summed E-state index contributed by atoms with van der Waals surface area (Å²) < 4.78 is 10.1. The van der Waals surface area contributed by atoms with Crippen LogP contribution in [-0.4, -0.2) is 18.2 Å². The highest BCUT2D eigenvalue weighted by molar-refractivity contribution is 5.86. The number of carboxylic acid groups (broad SMARTS) is 1. The molecular formula is C14H16O5. The molecule has 0 saturated heterocycles. The molecule has 5 nitrogen and oxygen atoms in total. The van der Waals surface area contributed by atoms with Gasteiger partial charge < -0.3 is 14.3 Å². The van der Waals surface area contributed by atoms with Gasteiger partial charge in [0, 0.05) is 17.0 Å². The van der Waals surface area contributed by atoms with E-state index in [1.807, 2.05) is 13.8 Å². The third-order valence-electron chi connectivity index (χ3n) is 2.40. The summed E-state index contributed by atoms with van der Waals surface area (Å²) in [6.45, 7) is 4.00. The molecule has 0 aliphatic carbocycles. The van der Waals surface area contributed by atoms with E-state index in [-0.39, 0.29) is 12.0 Å². The molecule has 2 aromatic rings. The number of hydrogen-bond acceptors (Lipinski definition) is 4. The van der Waals surface area contributed by atoms with Crippen molar-refractivity contribution >= 4 is 16.9 Å². The lowest BCUT2D eigenvalue weighted by atomic mass is 10.1. The van der Waals surface area contributed by atoms with Crippen molar-refractivity contribution in [1.29, 1.82) is 0 Å². The second-order valence-electron chi connectivity index (χ2n) is 3.49. The molecule has 0 bridgehead atoms. The van der Waals surface area contributed by atoms with Crippen LogP contribution in [-0.2, 0) is 11.2 Å². The van der Waals surface area contributed by atoms with Gasteiger partial charge in [0.2, 0.25) is 0 Å². The van der Waals surface area contributed by atoms with Gasteiger partial charge in [-0.3, -0.25) is 4.79 Å². The van der Waals surface area contributed by atoms with E-state index in [1.54, 1.807) is 18.2 Å². The van der Waals surface area contributed by atoms with Crippen molar-refractivity contribution in [1.82, 2.24) is 0 Å². The van der Waals surface area contributed by atoms with Crippen molar-refractivity contribution in [2.24, 2.45) is 0 Å². The minimum atomic E-state index is -1.01. The van der Waals surface area contributed by atoms with E-state index >= 15 is 0 Å². The molecule has 102 valence electrons. The van der Waals surface area contributed by atoms with Crippen LogP contribution in [0.4, 0.5) is 0 Å². The van der Waals surface area contributed by atoms with Gasteiger partial charge in [-0.15, -0.1) is 0 Å². The second kappa shape index (κ2) is 6.58. The number of carbonyl (C=O) groups is 1. The summed E-state index contributed by atoms with van der Waals surface area (Å²) in [5.74, 6) is -0.614. The largest absolute Gasteiger partial charge is 0.496 e. The number of aliphatic carboxylic acids is 1. The van der Waals surface area contributed by atoms with Gasteiger partial charge in [-0.1, -0.05) is 13.8 Å². The van der Waals surface area contributed by atoms with E-state index in [2.05, 4.69) is 0 Å². The number of hydrogen-bond donors (Lipinski definition) is 1. The number of ether oxygens (including phenoxy) is 1. The zero-order valence-corrected chi connectivity index (χ0v) is 11.1. The SMILES string of the molecule is CC.COc1ccc2ccc(=O)oc2c1CC(=O)O. The molecule has 1 aromatic carbocycles. The van der Waals surface area contributed by atoms with Crippen LogP contribution in [0.5, 0.6) is 5.75 Å². The monoisotopic (exact) mass is 264 g/mol. The maximum absolute atomic E-state index is 11.2. The van der Waals surface area contributed by atoms with E-state index in [1.165, 1.54) is 13.2 Å². The molecule has 1 aromatic heterocycles. The molecule has 5 heteroatoms. The van der Waals surface area contributed by atoms with E-state index < -0.39 is 11.6 Å². The molecule has 1 N–H and O–H groups in total. The number of benzene rings is 1. The van der Waals surface area contributed by atoms with Crippen LogP contribution in [0.25, 0.3) is 11.0 Å². The Labute approximate surface area is 110 Å². The summed E-state index contributed by atoms with van der Waals surface area (Å²) in [4.78, 5) is 22.0. The van der Waals surface area contributed by atoms with Gasteiger partial charge in [0.05, 0.1) is 13.5 Å². The lowest BCUT2D eigenvalue weighted by Gasteiger charge is -2.08. The molecule has 0 radical (unpaired) electrons. The first-order valence-corrected chi connectivity index (χ1v) is 5.93. The minimum absolute atomic E-state index is 0.256. The van der Waals surface area contributed by atoms with E-state index in [4.69, 9.17) is 14.3 Å². The quantitative estimate of drug-likeness (QED) is 0.862. The third kappa shape index (κ3) is 3.34. The molecule has 0 amide bonds. The van der Waals surface area contributed by atoms with Gasteiger partial charge in [0.25, 0.3) is 0 Å². The predicted octanol–water partition coefficient (Wildman–Crippen LogP) is 2.45. The second-order valence-corrected chi connectivity index (χ2v) is 3.49. The van der Waals surface area contributed by atoms with Crippen LogP contribution in [0.2, 0.25) is 0 Å². The van der Waals surface area contributed by atoms with Crippen LogP contribution in [0, 0.1) is 0 Å². The zero-order chi connectivity index (χ0) is 14.4. The average molecular weight is 264 g/mol. The van der Waals surface area contributed by atoms with Gasteiger partial charge in [-0.25, -0.2) is 4.79 Å². The lowest BCUT2D eigenvalue weighted by Crippen LogP contribution is -2.05. The maximum Gasteiger partial charge on any atom is 0.336 e. The maximum atomic E-state index is 11.2. The minimum Gasteiger partial charge on any atom is -0.496 e. The van der Waals surface area contributed by atoms with E-state index in [0.29, 0.717) is 16.7 Å². The predicted molar refractivity (Wildman–Crippen MR) is 71.7 cm³/mol. The molecule has 0 aliphatic rings. The van der Waals surface area contributed by atoms with Crippen LogP contribution < -0.4 is 10.4 Å². The van der Waals surface area contributed by atoms with Crippen molar-refractivity contribution in [2.75, 3.05) is 7.11 Å². The van der Waals surface area contributed by atoms with Crippen molar-refractivity contribution in [2.45, 2.75) is 20.3 Å². The normalized spacial score (nSPS) is 9.63. The van der Waals surface area contributed by atoms with Crippen molar-refractivity contribution in [3.05, 3.63) is 40.2 Å². The van der Waals surface area contributed by atoms with Crippen LogP contribution >= 0.6 is 0 Å². The molecule has 0 fully saturated rings. The van der Waals surface area contributed by atoms with Crippen molar-refractivity contribution < 1.29 is 19.1 Å². The Balaban J connectivity index is 0.000000861. The highest BCUT2D eigenvalue weighted by Crippen LogP contribution is 2.27. The van der Waals surface area contributed by atoms with E-state index in [9.17, 15) is 9.59 Å². The van der Waals surface area contributed by atoms with Gasteiger partial charge in [0.1, 0.15) is 11.3 Å². The summed E-state index contributed by atoms with van der Waals surface area (Å²) >= 11 is 0. The van der Waals surface area contributed by atoms with E-state index in [0.717, 1.165) is 0 Å². The number of rotatable bonds is 3. The summed E-state index contributed by atoms with van der Waals surface area (Å²) in [6.07, 6.45) is -0.256. The molecule has 0 saturated carbocycles. The summed E-state index contributed by atoms with van der Waals surface area (Å²) in [5.41, 5.74) is 0.117. The summed E-state index contributed by atoms with van der Waals surface area (Å²) in [5, 5.41) is 9.51. The number of carboxylic acids is 1. The average Bonchev–Trinajstić information content (AvgIpc) is 2.41. The fourth-order valence-electron chi connectivity index (χ4n) is 1.68. The fourth-order valence-corrected chi connectivity index (χ4v) is 1.68. The highest BCUT2D eigenvalue weighted by Gasteiger charge is 2.14. The van der Waals surface area contributed by atoms with Gasteiger partial charge in [-0.05, 0) is 18.2 Å². The lowest BCUT2D eigenvalue weighted by molar-refractivity contribution is -0.136. The molecule has 19 heavy (non-hydrogen) atoms. The Morgan fingerprint density at radius 3 is 2.47 bits per heavy atom. The smallest absolute Gasteiger partial charge is 0.336 e. The fraction of sp³-hybridized carbons (Fsp3) is 0.286. The van der Waals surface area contributed by atoms with Crippen LogP contribution in [0.3, 0.4) is 0 Å². The Hall–Kier alpha value is -2.30. The van der Waals surface area contributed by atoms with Crippen LogP contribution in [0.15, 0.2) is 33.5 Å². The Bertz CT molecular complexity index is 627. The Kier molecular flexibility index (Phi) is 5.11. The number of methoxy groups -OCH3 is 1. The summed E-state index contributed by atoms with van der Waals surface area (Å²) in [7, 11) is 1.44. The van der Waals surface area contributed by atoms with Gasteiger partial charge in [-0.2, -0.15) is 0 Å². The third-order valence-corrected chi connectivity index (χ3v) is 2.40. The molecule has 0 aliphatic heterocycles. The molecule has 0 atom stereocenters. The Morgan fingerprint density at radius 2 is 1.89 bits per heavy atom. The first-order chi connectivity index (χ1) is 9.11. The summed E-state index contributed by atoms with van der Waals surface area (Å²) in [6, 6.07) is 6.24. The topological polar surface area (TPSA) is 76.7 Å². The molecule has 2 rings (SSSR count). The van der Waals surface area contributed by atoms with Crippen molar-refractivity contribution in [3.63, 3.8) is 0 Å². The highest BCUT2D eigenvalue weighted by atomic mass is 16.5. The molecule has 0 spiro atoms. The zero-order valence-electron chi connectivity index (χ0n) is 11.1. The molecule has 1 heterocycles. The first-order valence-electron chi connectivity index (χ1n) is 5.93. The first kappa shape index (κ1) is 14.8. The van der Waals surface area contributed by atoms with Gasteiger partial charge in [0.15, 0.2) is 0 Å². The standard InChI is InChI=1S/C12H10O5.C2H6/c1-16-9-4-2-7-3-5-11(15)17-12(7)8(9)6-10(13)14;1-2/h2-5H,6H2,1H3,(H,13,14);1-2H3. The van der Waals surface area contributed by atoms with Crippen molar-refractivity contribution in [3.8, 4) is 5.75 Å². The van der Waals surface area contributed by atoms with Gasteiger partial charge >= 0.3 is 11.6 Å². The molecular weight excluding hydrogens is 248 g/mol. The van der Waals surface area contributed by atoms with Crippen LogP contribution in [0.1, 0.15) is 19.4 Å².